The molecule has 0 fully saturated rings. The van der Waals surface area contributed by atoms with E-state index < -0.39 is 11.1 Å². The summed E-state index contributed by atoms with van der Waals surface area (Å²) < 4.78 is 20.2. The van der Waals surface area contributed by atoms with Gasteiger partial charge in [-0.1, -0.05) is 0 Å². The minimum atomic E-state index is -2.04. The average molecular weight is 273 g/mol. The molecule has 3 rings (SSSR count). The molecule has 0 aliphatic heterocycles. The zero-order chi connectivity index (χ0) is 13.6. The summed E-state index contributed by atoms with van der Waals surface area (Å²) in [6, 6.07) is 10.1. The van der Waals surface area contributed by atoms with Gasteiger partial charge in [0.15, 0.2) is 11.1 Å². The molecule has 1 aromatic heterocycles. The first kappa shape index (κ1) is 11.9. The Balaban J connectivity index is 2.44. The highest BCUT2D eigenvalue weighted by atomic mass is 32.2. The lowest BCUT2D eigenvalue weighted by molar-refractivity contribution is 0.564. The number of rotatable bonds is 1. The fourth-order valence-corrected chi connectivity index (χ4v) is 2.48. The van der Waals surface area contributed by atoms with Crippen molar-refractivity contribution in [2.24, 2.45) is 0 Å². The summed E-state index contributed by atoms with van der Waals surface area (Å²) in [5.41, 5.74) is 14.4. The van der Waals surface area contributed by atoms with Gasteiger partial charge in [-0.05, 0) is 36.4 Å². The van der Waals surface area contributed by atoms with E-state index in [0.717, 1.165) is 10.9 Å². The number of fused-ring (bicyclic) bond motifs is 2. The molecule has 1 atom stereocenters. The van der Waals surface area contributed by atoms with Crippen molar-refractivity contribution in [3.8, 4) is 0 Å². The zero-order valence-electron chi connectivity index (χ0n) is 9.83. The van der Waals surface area contributed by atoms with E-state index in [1.54, 1.807) is 36.4 Å². The fraction of sp³-hybridized carbons (Fsp3) is 0. The van der Waals surface area contributed by atoms with Gasteiger partial charge in [0.05, 0.1) is 21.6 Å². The quantitative estimate of drug-likeness (QED) is 0.358. The Hall–Kier alpha value is -2.18. The van der Waals surface area contributed by atoms with Crippen LogP contribution in [-0.4, -0.2) is 13.7 Å². The zero-order valence-corrected chi connectivity index (χ0v) is 10.6. The second-order valence-corrected chi connectivity index (χ2v) is 5.20. The van der Waals surface area contributed by atoms with Crippen molar-refractivity contribution < 1.29 is 8.76 Å². The van der Waals surface area contributed by atoms with Crippen LogP contribution < -0.4 is 11.5 Å². The largest absolute Gasteiger partial charge is 0.399 e. The van der Waals surface area contributed by atoms with Crippen LogP contribution in [0.25, 0.3) is 21.8 Å². The van der Waals surface area contributed by atoms with Crippen molar-refractivity contribution in [1.29, 1.82) is 0 Å². The molecule has 19 heavy (non-hydrogen) atoms. The number of nitrogens with two attached hydrogens (primary N) is 2. The number of hydrogen-bond donors (Lipinski definition) is 3. The van der Waals surface area contributed by atoms with E-state index in [1.807, 2.05) is 0 Å². The van der Waals surface area contributed by atoms with E-state index in [9.17, 15) is 4.21 Å². The van der Waals surface area contributed by atoms with Gasteiger partial charge >= 0.3 is 0 Å². The second-order valence-electron chi connectivity index (χ2n) is 4.23. The third-order valence-electron chi connectivity index (χ3n) is 3.01. The summed E-state index contributed by atoms with van der Waals surface area (Å²) >= 11 is -2.04. The van der Waals surface area contributed by atoms with Crippen LogP contribution in [0.2, 0.25) is 0 Å². The summed E-state index contributed by atoms with van der Waals surface area (Å²) in [4.78, 5) is 4.76. The maximum atomic E-state index is 11.1. The molecular weight excluding hydrogens is 262 g/mol. The van der Waals surface area contributed by atoms with Gasteiger partial charge in [0, 0.05) is 16.5 Å². The van der Waals surface area contributed by atoms with Crippen LogP contribution in [0.3, 0.4) is 0 Å². The first-order chi connectivity index (χ1) is 9.06. The molecule has 2 aromatic carbocycles. The standard InChI is InChI=1S/C13H11N3O2S/c14-7-1-3-11-9(5-7)13(15)10-6-8(19(17)18)2-4-12(10)16-11/h1-6H,14H2,(H2,15,16)(H,17,18). The molecule has 96 valence electrons. The average Bonchev–Trinajstić information content (AvgIpc) is 2.39. The van der Waals surface area contributed by atoms with Gasteiger partial charge in [0.1, 0.15) is 0 Å². The van der Waals surface area contributed by atoms with Crippen molar-refractivity contribution in [2.45, 2.75) is 4.90 Å². The minimum Gasteiger partial charge on any atom is -0.399 e. The summed E-state index contributed by atoms with van der Waals surface area (Å²) in [6.45, 7) is 0. The Morgan fingerprint density at radius 3 is 2.32 bits per heavy atom. The molecule has 0 aliphatic carbocycles. The molecule has 1 heterocycles. The number of nitrogen functional groups attached to an aromatic ring is 2. The van der Waals surface area contributed by atoms with Crippen molar-refractivity contribution in [1.82, 2.24) is 4.98 Å². The van der Waals surface area contributed by atoms with Crippen LogP contribution in [0.5, 0.6) is 0 Å². The Morgan fingerprint density at radius 2 is 1.63 bits per heavy atom. The predicted octanol–water partition coefficient (Wildman–Crippen LogP) is 2.13. The smallest absolute Gasteiger partial charge is 0.186 e. The van der Waals surface area contributed by atoms with Crippen molar-refractivity contribution in [3.63, 3.8) is 0 Å². The molecule has 0 radical (unpaired) electrons. The van der Waals surface area contributed by atoms with E-state index in [4.69, 9.17) is 16.0 Å². The Labute approximate surface area is 111 Å². The Kier molecular flexibility index (Phi) is 2.62. The van der Waals surface area contributed by atoms with Crippen LogP contribution in [0, 0.1) is 0 Å². The molecule has 5 N–H and O–H groups in total. The minimum absolute atomic E-state index is 0.296. The second kappa shape index (κ2) is 4.18. The highest BCUT2D eigenvalue weighted by molar-refractivity contribution is 7.79. The van der Waals surface area contributed by atoms with Crippen molar-refractivity contribution in [2.75, 3.05) is 11.5 Å². The summed E-state index contributed by atoms with van der Waals surface area (Å²) in [5, 5.41) is 1.39. The summed E-state index contributed by atoms with van der Waals surface area (Å²) in [6.07, 6.45) is 0. The summed E-state index contributed by atoms with van der Waals surface area (Å²) in [5.74, 6) is 0. The predicted molar refractivity (Wildman–Crippen MR) is 77.1 cm³/mol. The number of nitrogens with zero attached hydrogens (tertiary/aromatic N) is 1. The lowest BCUT2D eigenvalue weighted by Gasteiger charge is -2.08. The number of anilines is 2. The van der Waals surface area contributed by atoms with Crippen LogP contribution in [0.15, 0.2) is 41.3 Å². The van der Waals surface area contributed by atoms with Gasteiger partial charge in [0.25, 0.3) is 0 Å². The van der Waals surface area contributed by atoms with Crippen LogP contribution in [0.1, 0.15) is 0 Å². The molecule has 3 aromatic rings. The van der Waals surface area contributed by atoms with Gasteiger partial charge in [0.2, 0.25) is 0 Å². The van der Waals surface area contributed by atoms with Crippen LogP contribution in [-0.2, 0) is 11.1 Å². The van der Waals surface area contributed by atoms with Gasteiger partial charge in [-0.3, -0.25) is 0 Å². The molecule has 0 amide bonds. The highest BCUT2D eigenvalue weighted by Crippen LogP contribution is 2.30. The topological polar surface area (TPSA) is 102 Å². The molecule has 0 spiro atoms. The van der Waals surface area contributed by atoms with Gasteiger partial charge < -0.3 is 16.0 Å². The first-order valence-electron chi connectivity index (χ1n) is 5.55. The number of hydrogen-bond acceptors (Lipinski definition) is 4. The maximum Gasteiger partial charge on any atom is 0.186 e. The molecule has 0 saturated heterocycles. The number of pyridine rings is 1. The molecule has 0 saturated carbocycles. The van der Waals surface area contributed by atoms with E-state index in [0.29, 0.717) is 27.2 Å². The number of aromatic nitrogens is 1. The maximum absolute atomic E-state index is 11.1. The van der Waals surface area contributed by atoms with Crippen molar-refractivity contribution in [3.05, 3.63) is 36.4 Å². The lowest BCUT2D eigenvalue weighted by atomic mass is 10.1. The highest BCUT2D eigenvalue weighted by Gasteiger charge is 2.09. The van der Waals surface area contributed by atoms with Crippen molar-refractivity contribution >= 4 is 44.3 Å². The molecular formula is C13H11N3O2S. The van der Waals surface area contributed by atoms with Gasteiger partial charge in [-0.25, -0.2) is 9.19 Å². The van der Waals surface area contributed by atoms with Crippen LogP contribution >= 0.6 is 0 Å². The van der Waals surface area contributed by atoms with Gasteiger partial charge in [-0.15, -0.1) is 0 Å². The monoisotopic (exact) mass is 273 g/mol. The third-order valence-corrected chi connectivity index (χ3v) is 3.67. The number of benzene rings is 2. The molecule has 0 aliphatic rings. The third kappa shape index (κ3) is 1.91. The van der Waals surface area contributed by atoms with E-state index in [2.05, 4.69) is 4.98 Å². The van der Waals surface area contributed by atoms with E-state index in [1.165, 1.54) is 0 Å². The van der Waals surface area contributed by atoms with Crippen LogP contribution in [0.4, 0.5) is 11.4 Å². The molecule has 5 nitrogen and oxygen atoms in total. The van der Waals surface area contributed by atoms with E-state index >= 15 is 0 Å². The van der Waals surface area contributed by atoms with Gasteiger partial charge in [-0.2, -0.15) is 0 Å². The Bertz CT molecular complexity index is 833. The SMILES string of the molecule is Nc1ccc2nc3ccc(S(=O)O)cc3c(N)c2c1. The summed E-state index contributed by atoms with van der Waals surface area (Å²) in [7, 11) is 0. The van der Waals surface area contributed by atoms with E-state index in [-0.39, 0.29) is 0 Å². The fourth-order valence-electron chi connectivity index (χ4n) is 2.08. The Morgan fingerprint density at radius 1 is 1.00 bits per heavy atom. The molecule has 1 unspecified atom stereocenters. The lowest BCUT2D eigenvalue weighted by Crippen LogP contribution is -1.96. The molecule has 6 heteroatoms. The normalized spacial score (nSPS) is 12.9. The molecule has 0 bridgehead atoms. The first-order valence-corrected chi connectivity index (χ1v) is 6.66.